The molecule has 1 aliphatic rings. The molecule has 0 aliphatic carbocycles. The zero-order chi connectivity index (χ0) is 14.6. The number of hydrogen-bond donors (Lipinski definition) is 2. The van der Waals surface area contributed by atoms with E-state index in [9.17, 15) is 12.8 Å². The second kappa shape index (κ2) is 6.20. The van der Waals surface area contributed by atoms with Crippen LogP contribution in [0.25, 0.3) is 0 Å². The van der Waals surface area contributed by atoms with E-state index in [1.54, 1.807) is 6.07 Å². The smallest absolute Gasteiger partial charge is 0.152 e. The van der Waals surface area contributed by atoms with Crippen molar-refractivity contribution in [2.24, 2.45) is 0 Å². The molecule has 0 radical (unpaired) electrons. The molecule has 4 nitrogen and oxygen atoms in total. The van der Waals surface area contributed by atoms with Crippen LogP contribution in [-0.2, 0) is 16.4 Å². The molecule has 0 spiro atoms. The Morgan fingerprint density at radius 2 is 2.15 bits per heavy atom. The van der Waals surface area contributed by atoms with Crippen LogP contribution < -0.4 is 10.6 Å². The molecule has 20 heavy (non-hydrogen) atoms. The lowest BCUT2D eigenvalue weighted by atomic mass is 10.0. The highest BCUT2D eigenvalue weighted by Gasteiger charge is 2.37. The highest BCUT2D eigenvalue weighted by atomic mass is 32.2. The van der Waals surface area contributed by atoms with Crippen molar-refractivity contribution in [1.82, 2.24) is 10.6 Å². The third-order valence-corrected chi connectivity index (χ3v) is 5.48. The first-order chi connectivity index (χ1) is 9.39. The van der Waals surface area contributed by atoms with Gasteiger partial charge in [-0.25, -0.2) is 12.8 Å². The molecule has 2 rings (SSSR count). The lowest BCUT2D eigenvalue weighted by Gasteiger charge is -2.24. The molecule has 1 aromatic rings. The van der Waals surface area contributed by atoms with E-state index in [1.807, 2.05) is 13.0 Å². The van der Waals surface area contributed by atoms with Gasteiger partial charge in [0.1, 0.15) is 5.82 Å². The second-order valence-electron chi connectivity index (χ2n) is 5.64. The summed E-state index contributed by atoms with van der Waals surface area (Å²) in [6, 6.07) is 6.49. The number of nitrogens with one attached hydrogen (secondary N) is 2. The third kappa shape index (κ3) is 4.54. The van der Waals surface area contributed by atoms with Crippen LogP contribution in [0.3, 0.4) is 0 Å². The Labute approximate surface area is 119 Å². The molecule has 0 bridgehead atoms. The van der Waals surface area contributed by atoms with Crippen LogP contribution in [0.4, 0.5) is 4.39 Å². The summed E-state index contributed by atoms with van der Waals surface area (Å²) in [7, 11) is -2.87. The van der Waals surface area contributed by atoms with E-state index in [-0.39, 0.29) is 22.9 Å². The van der Waals surface area contributed by atoms with Gasteiger partial charge in [-0.2, -0.15) is 0 Å². The van der Waals surface area contributed by atoms with Crippen LogP contribution in [-0.4, -0.2) is 38.6 Å². The van der Waals surface area contributed by atoms with Gasteiger partial charge in [0.2, 0.25) is 0 Å². The number of rotatable bonds is 6. The first-order valence-electron chi connectivity index (χ1n) is 6.79. The molecule has 0 aromatic heterocycles. The average Bonchev–Trinajstić information content (AvgIpc) is 2.63. The molecule has 0 unspecified atom stereocenters. The molecule has 1 fully saturated rings. The van der Waals surface area contributed by atoms with Gasteiger partial charge in [-0.05, 0) is 31.0 Å². The number of hydrogen-bond acceptors (Lipinski definition) is 4. The minimum atomic E-state index is -2.87. The fourth-order valence-electron chi connectivity index (χ4n) is 2.48. The average molecular weight is 300 g/mol. The summed E-state index contributed by atoms with van der Waals surface area (Å²) in [5.74, 6) is 0.253. The van der Waals surface area contributed by atoms with Crippen molar-refractivity contribution >= 4 is 9.84 Å². The SMILES string of the molecule is C[C@]1(NCCNCc2cccc(F)c2)CCS(=O)(=O)C1. The van der Waals surface area contributed by atoms with Gasteiger partial charge in [0.25, 0.3) is 0 Å². The normalized spacial score (nSPS) is 24.9. The van der Waals surface area contributed by atoms with Crippen molar-refractivity contribution < 1.29 is 12.8 Å². The maximum atomic E-state index is 13.0. The lowest BCUT2D eigenvalue weighted by molar-refractivity contribution is 0.395. The van der Waals surface area contributed by atoms with Gasteiger partial charge in [-0.3, -0.25) is 0 Å². The Kier molecular flexibility index (Phi) is 4.78. The zero-order valence-electron chi connectivity index (χ0n) is 11.7. The zero-order valence-corrected chi connectivity index (χ0v) is 12.5. The van der Waals surface area contributed by atoms with E-state index in [4.69, 9.17) is 0 Å². The van der Waals surface area contributed by atoms with Crippen LogP contribution in [0.15, 0.2) is 24.3 Å². The summed E-state index contributed by atoms with van der Waals surface area (Å²) >= 11 is 0. The first-order valence-corrected chi connectivity index (χ1v) is 8.61. The van der Waals surface area contributed by atoms with Gasteiger partial charge in [-0.15, -0.1) is 0 Å². The van der Waals surface area contributed by atoms with Gasteiger partial charge >= 0.3 is 0 Å². The predicted molar refractivity (Wildman–Crippen MR) is 77.8 cm³/mol. The van der Waals surface area contributed by atoms with Gasteiger partial charge in [0.15, 0.2) is 9.84 Å². The maximum Gasteiger partial charge on any atom is 0.152 e. The summed E-state index contributed by atoms with van der Waals surface area (Å²) in [5, 5.41) is 6.51. The van der Waals surface area contributed by atoms with E-state index in [1.165, 1.54) is 12.1 Å². The molecule has 1 atom stereocenters. The Hall–Kier alpha value is -0.980. The lowest BCUT2D eigenvalue weighted by Crippen LogP contribution is -2.46. The van der Waals surface area contributed by atoms with Crippen LogP contribution >= 0.6 is 0 Å². The van der Waals surface area contributed by atoms with Crippen LogP contribution in [0, 0.1) is 5.82 Å². The quantitative estimate of drug-likeness (QED) is 0.772. The van der Waals surface area contributed by atoms with Gasteiger partial charge in [-0.1, -0.05) is 12.1 Å². The van der Waals surface area contributed by atoms with E-state index >= 15 is 0 Å². The fraction of sp³-hybridized carbons (Fsp3) is 0.571. The molecule has 6 heteroatoms. The molecule has 1 heterocycles. The Bertz CT molecular complexity index is 562. The molecular weight excluding hydrogens is 279 g/mol. The molecular formula is C14H21FN2O2S. The highest BCUT2D eigenvalue weighted by Crippen LogP contribution is 2.22. The summed E-state index contributed by atoms with van der Waals surface area (Å²) in [4.78, 5) is 0. The Morgan fingerprint density at radius 3 is 2.80 bits per heavy atom. The van der Waals surface area contributed by atoms with Crippen molar-refractivity contribution in [2.75, 3.05) is 24.6 Å². The molecule has 112 valence electrons. The molecule has 0 amide bonds. The summed E-state index contributed by atoms with van der Waals surface area (Å²) in [6.07, 6.45) is 0.666. The van der Waals surface area contributed by atoms with E-state index in [0.29, 0.717) is 26.1 Å². The minimum Gasteiger partial charge on any atom is -0.311 e. The third-order valence-electron chi connectivity index (χ3n) is 3.58. The molecule has 1 aromatic carbocycles. The molecule has 1 saturated heterocycles. The topological polar surface area (TPSA) is 58.2 Å². The van der Waals surface area contributed by atoms with Crippen molar-refractivity contribution in [3.8, 4) is 0 Å². The van der Waals surface area contributed by atoms with E-state index < -0.39 is 9.84 Å². The monoisotopic (exact) mass is 300 g/mol. The fourth-order valence-corrected chi connectivity index (χ4v) is 4.61. The van der Waals surface area contributed by atoms with Gasteiger partial charge < -0.3 is 10.6 Å². The number of benzene rings is 1. The second-order valence-corrected chi connectivity index (χ2v) is 7.82. The standard InChI is InChI=1S/C14H21FN2O2S/c1-14(5-8-20(18,19)11-14)17-7-6-16-10-12-3-2-4-13(15)9-12/h2-4,9,16-17H,5-8,10-11H2,1H3/t14-/m0/s1. The minimum absolute atomic E-state index is 0.212. The van der Waals surface area contributed by atoms with E-state index in [2.05, 4.69) is 10.6 Å². The summed E-state index contributed by atoms with van der Waals surface area (Å²) < 4.78 is 35.9. The largest absolute Gasteiger partial charge is 0.311 e. The van der Waals surface area contributed by atoms with Crippen LogP contribution in [0.2, 0.25) is 0 Å². The first kappa shape index (κ1) is 15.4. The predicted octanol–water partition coefficient (Wildman–Crippen LogP) is 1.08. The van der Waals surface area contributed by atoms with Gasteiger partial charge in [0.05, 0.1) is 11.5 Å². The van der Waals surface area contributed by atoms with Crippen LogP contribution in [0.1, 0.15) is 18.9 Å². The number of halogens is 1. The maximum absolute atomic E-state index is 13.0. The highest BCUT2D eigenvalue weighted by molar-refractivity contribution is 7.91. The van der Waals surface area contributed by atoms with Crippen molar-refractivity contribution in [3.63, 3.8) is 0 Å². The van der Waals surface area contributed by atoms with Crippen molar-refractivity contribution in [3.05, 3.63) is 35.6 Å². The summed E-state index contributed by atoms with van der Waals surface area (Å²) in [5.41, 5.74) is 0.596. The van der Waals surface area contributed by atoms with E-state index in [0.717, 1.165) is 5.56 Å². The number of sulfone groups is 1. The Morgan fingerprint density at radius 1 is 1.35 bits per heavy atom. The molecule has 0 saturated carbocycles. The molecule has 1 aliphatic heterocycles. The van der Waals surface area contributed by atoms with Gasteiger partial charge in [0, 0.05) is 25.2 Å². The van der Waals surface area contributed by atoms with Crippen LogP contribution in [0.5, 0.6) is 0 Å². The Balaban J connectivity index is 1.67. The van der Waals surface area contributed by atoms with Crippen molar-refractivity contribution in [2.45, 2.75) is 25.4 Å². The summed E-state index contributed by atoms with van der Waals surface area (Å²) in [6.45, 7) is 3.96. The van der Waals surface area contributed by atoms with Crippen molar-refractivity contribution in [1.29, 1.82) is 0 Å². The molecule has 2 N–H and O–H groups in total.